The van der Waals surface area contributed by atoms with Crippen LogP contribution in [0.4, 0.5) is 8.78 Å². The number of hydrogen-bond acceptors (Lipinski definition) is 2. The number of aryl methyl sites for hydroxylation is 1. The minimum absolute atomic E-state index is 0.0971. The van der Waals surface area contributed by atoms with Gasteiger partial charge in [0, 0.05) is 20.3 Å². The summed E-state index contributed by atoms with van der Waals surface area (Å²) >= 11 is 5.19. The summed E-state index contributed by atoms with van der Waals surface area (Å²) in [6, 6.07) is 6.22. The molecule has 0 bridgehead atoms. The lowest BCUT2D eigenvalue weighted by atomic mass is 10.0. The Kier molecular flexibility index (Phi) is 4.71. The van der Waals surface area contributed by atoms with Crippen LogP contribution in [0.5, 0.6) is 0 Å². The Balaban J connectivity index is 2.21. The SMILES string of the molecule is CNC(Cc1ccc(F)c(F)c1)c1cc(Br)c(C)s1. The molecule has 0 fully saturated rings. The summed E-state index contributed by atoms with van der Waals surface area (Å²) in [5.41, 5.74) is 0.778. The molecule has 19 heavy (non-hydrogen) atoms. The monoisotopic (exact) mass is 345 g/mol. The number of benzene rings is 1. The van der Waals surface area contributed by atoms with E-state index in [1.165, 1.54) is 21.9 Å². The fraction of sp³-hybridized carbons (Fsp3) is 0.286. The minimum Gasteiger partial charge on any atom is -0.312 e. The summed E-state index contributed by atoms with van der Waals surface area (Å²) < 4.78 is 27.2. The highest BCUT2D eigenvalue weighted by Crippen LogP contribution is 2.32. The maximum Gasteiger partial charge on any atom is 0.159 e. The van der Waals surface area contributed by atoms with Crippen molar-refractivity contribution in [2.45, 2.75) is 19.4 Å². The summed E-state index contributed by atoms with van der Waals surface area (Å²) in [5, 5.41) is 3.21. The number of halogens is 3. The van der Waals surface area contributed by atoms with Crippen LogP contribution in [-0.4, -0.2) is 7.05 Å². The molecule has 2 aromatic rings. The topological polar surface area (TPSA) is 12.0 Å². The quantitative estimate of drug-likeness (QED) is 0.853. The molecule has 1 aromatic carbocycles. The zero-order valence-corrected chi connectivity index (χ0v) is 13.0. The van der Waals surface area contributed by atoms with Crippen molar-refractivity contribution in [2.75, 3.05) is 7.05 Å². The van der Waals surface area contributed by atoms with E-state index in [4.69, 9.17) is 0 Å². The van der Waals surface area contributed by atoms with Crippen LogP contribution in [0.25, 0.3) is 0 Å². The van der Waals surface area contributed by atoms with E-state index in [-0.39, 0.29) is 6.04 Å². The number of likely N-dealkylation sites (N-methyl/N-ethyl adjacent to an activating group) is 1. The van der Waals surface area contributed by atoms with E-state index in [0.29, 0.717) is 6.42 Å². The molecule has 1 heterocycles. The van der Waals surface area contributed by atoms with Gasteiger partial charge >= 0.3 is 0 Å². The molecule has 0 saturated carbocycles. The molecule has 0 spiro atoms. The maximum absolute atomic E-state index is 13.2. The van der Waals surface area contributed by atoms with Gasteiger partial charge in [0.2, 0.25) is 0 Å². The van der Waals surface area contributed by atoms with E-state index in [9.17, 15) is 8.78 Å². The van der Waals surface area contributed by atoms with Crippen LogP contribution < -0.4 is 5.32 Å². The van der Waals surface area contributed by atoms with Gasteiger partial charge in [-0.2, -0.15) is 0 Å². The van der Waals surface area contributed by atoms with Gasteiger partial charge in [0.15, 0.2) is 11.6 Å². The lowest BCUT2D eigenvalue weighted by molar-refractivity contribution is 0.505. The van der Waals surface area contributed by atoms with Crippen molar-refractivity contribution in [3.8, 4) is 0 Å². The Labute approximate surface area is 123 Å². The molecule has 102 valence electrons. The van der Waals surface area contributed by atoms with Gasteiger partial charge in [0.1, 0.15) is 0 Å². The Morgan fingerprint density at radius 3 is 2.53 bits per heavy atom. The number of hydrogen-bond donors (Lipinski definition) is 1. The van der Waals surface area contributed by atoms with E-state index in [1.54, 1.807) is 17.4 Å². The molecule has 0 amide bonds. The summed E-state index contributed by atoms with van der Waals surface area (Å²) in [5.74, 6) is -1.60. The summed E-state index contributed by atoms with van der Waals surface area (Å²) in [6.45, 7) is 2.04. The second-order valence-corrected chi connectivity index (χ2v) is 6.49. The van der Waals surface area contributed by atoms with Crippen molar-refractivity contribution in [2.24, 2.45) is 0 Å². The average molecular weight is 346 g/mol. The molecule has 0 radical (unpaired) electrons. The van der Waals surface area contributed by atoms with Crippen LogP contribution in [0.1, 0.15) is 21.4 Å². The number of nitrogens with one attached hydrogen (secondary N) is 1. The molecular formula is C14H14BrF2NS. The Morgan fingerprint density at radius 1 is 1.26 bits per heavy atom. The molecule has 0 saturated heterocycles. The highest BCUT2D eigenvalue weighted by atomic mass is 79.9. The molecule has 2 rings (SSSR count). The molecule has 1 atom stereocenters. The van der Waals surface area contributed by atoms with Crippen LogP contribution in [0.3, 0.4) is 0 Å². The minimum atomic E-state index is -0.806. The fourth-order valence-corrected chi connectivity index (χ4v) is 3.57. The van der Waals surface area contributed by atoms with Crippen molar-refractivity contribution in [1.29, 1.82) is 0 Å². The Hall–Kier alpha value is -0.780. The smallest absolute Gasteiger partial charge is 0.159 e. The fourth-order valence-electron chi connectivity index (χ4n) is 1.90. The molecule has 1 N–H and O–H groups in total. The van der Waals surface area contributed by atoms with Crippen LogP contribution in [0, 0.1) is 18.6 Å². The zero-order valence-electron chi connectivity index (χ0n) is 10.6. The predicted molar refractivity (Wildman–Crippen MR) is 78.6 cm³/mol. The van der Waals surface area contributed by atoms with Gasteiger partial charge < -0.3 is 5.32 Å². The van der Waals surface area contributed by atoms with Gasteiger partial charge in [-0.15, -0.1) is 11.3 Å². The van der Waals surface area contributed by atoms with Gasteiger partial charge in [0.05, 0.1) is 0 Å². The number of rotatable bonds is 4. The van der Waals surface area contributed by atoms with Crippen molar-refractivity contribution >= 4 is 27.3 Å². The van der Waals surface area contributed by atoms with E-state index in [0.717, 1.165) is 10.0 Å². The first-order valence-corrected chi connectivity index (χ1v) is 7.49. The first kappa shape index (κ1) is 14.6. The van der Waals surface area contributed by atoms with Crippen LogP contribution in [0.15, 0.2) is 28.7 Å². The summed E-state index contributed by atoms with van der Waals surface area (Å²) in [6.07, 6.45) is 0.625. The Bertz CT molecular complexity index is 563. The van der Waals surface area contributed by atoms with Gasteiger partial charge in [0.25, 0.3) is 0 Å². The van der Waals surface area contributed by atoms with Crippen molar-refractivity contribution < 1.29 is 8.78 Å². The molecule has 1 unspecified atom stereocenters. The van der Waals surface area contributed by atoms with E-state index in [2.05, 4.69) is 27.3 Å². The molecular weight excluding hydrogens is 332 g/mol. The van der Waals surface area contributed by atoms with Gasteiger partial charge in [-0.3, -0.25) is 0 Å². The largest absolute Gasteiger partial charge is 0.312 e. The van der Waals surface area contributed by atoms with Crippen LogP contribution >= 0.6 is 27.3 Å². The third-order valence-electron chi connectivity index (χ3n) is 2.99. The van der Waals surface area contributed by atoms with Crippen LogP contribution in [0.2, 0.25) is 0 Å². The highest BCUT2D eigenvalue weighted by Gasteiger charge is 2.15. The van der Waals surface area contributed by atoms with Crippen LogP contribution in [-0.2, 0) is 6.42 Å². The van der Waals surface area contributed by atoms with E-state index in [1.807, 2.05) is 14.0 Å². The molecule has 1 nitrogen and oxygen atoms in total. The molecule has 0 aliphatic rings. The number of thiophene rings is 1. The van der Waals surface area contributed by atoms with E-state index >= 15 is 0 Å². The van der Waals surface area contributed by atoms with Crippen molar-refractivity contribution in [3.63, 3.8) is 0 Å². The third kappa shape index (κ3) is 3.41. The van der Waals surface area contributed by atoms with Gasteiger partial charge in [-0.05, 0) is 60.1 Å². The Morgan fingerprint density at radius 2 is 2.00 bits per heavy atom. The summed E-state index contributed by atoms with van der Waals surface area (Å²) in [4.78, 5) is 2.39. The normalized spacial score (nSPS) is 12.7. The average Bonchev–Trinajstić information content (AvgIpc) is 2.71. The van der Waals surface area contributed by atoms with Gasteiger partial charge in [-0.25, -0.2) is 8.78 Å². The van der Waals surface area contributed by atoms with Crippen molar-refractivity contribution in [1.82, 2.24) is 5.32 Å². The second-order valence-electron chi connectivity index (χ2n) is 4.35. The zero-order chi connectivity index (χ0) is 14.0. The third-order valence-corrected chi connectivity index (χ3v) is 5.24. The predicted octanol–water partition coefficient (Wildman–Crippen LogP) is 4.60. The molecule has 1 aromatic heterocycles. The molecule has 0 aliphatic heterocycles. The standard InChI is InChI=1S/C14H14BrF2NS/c1-8-10(15)7-14(19-8)13(18-2)6-9-3-4-11(16)12(17)5-9/h3-5,7,13,18H,6H2,1-2H3. The first-order chi connectivity index (χ1) is 9.01. The first-order valence-electron chi connectivity index (χ1n) is 5.88. The second kappa shape index (κ2) is 6.11. The van der Waals surface area contributed by atoms with Gasteiger partial charge in [-0.1, -0.05) is 6.07 Å². The molecule has 5 heteroatoms. The lowest BCUT2D eigenvalue weighted by Crippen LogP contribution is -2.17. The highest BCUT2D eigenvalue weighted by molar-refractivity contribution is 9.10. The maximum atomic E-state index is 13.2. The summed E-state index contributed by atoms with van der Waals surface area (Å²) in [7, 11) is 1.87. The lowest BCUT2D eigenvalue weighted by Gasteiger charge is -2.14. The molecule has 0 aliphatic carbocycles. The van der Waals surface area contributed by atoms with Crippen molar-refractivity contribution in [3.05, 3.63) is 55.7 Å². The van der Waals surface area contributed by atoms with E-state index < -0.39 is 11.6 Å².